The van der Waals surface area contributed by atoms with Gasteiger partial charge in [-0.1, -0.05) is 17.3 Å². The molecule has 28 heavy (non-hydrogen) atoms. The minimum absolute atomic E-state index is 0.140. The Morgan fingerprint density at radius 1 is 1.21 bits per heavy atom. The third kappa shape index (κ3) is 4.37. The first-order valence-corrected chi connectivity index (χ1v) is 9.70. The largest absolute Gasteiger partial charge is 0.491 e. The highest BCUT2D eigenvalue weighted by molar-refractivity contribution is 7.17. The molecule has 3 heterocycles. The van der Waals surface area contributed by atoms with Crippen LogP contribution in [0.25, 0.3) is 21.5 Å². The molecular weight excluding hydrogens is 376 g/mol. The third-order valence-electron chi connectivity index (χ3n) is 4.21. The third-order valence-corrected chi connectivity index (χ3v) is 5.11. The number of hydrazine groups is 1. The Hall–Kier alpha value is -2.78. The second-order valence-electron chi connectivity index (χ2n) is 6.42. The monoisotopic (exact) mass is 396 g/mol. The summed E-state index contributed by atoms with van der Waals surface area (Å²) in [6, 6.07) is 13.3. The average molecular weight is 396 g/mol. The van der Waals surface area contributed by atoms with Crippen LogP contribution in [0.4, 0.5) is 0 Å². The molecule has 0 aliphatic heterocycles. The number of thiophene rings is 1. The molecule has 0 amide bonds. The summed E-state index contributed by atoms with van der Waals surface area (Å²) >= 11 is 1.59. The van der Waals surface area contributed by atoms with Gasteiger partial charge < -0.3 is 14.4 Å². The first-order chi connectivity index (χ1) is 13.7. The van der Waals surface area contributed by atoms with E-state index < -0.39 is 6.10 Å². The summed E-state index contributed by atoms with van der Waals surface area (Å²) in [7, 11) is 0. The molecule has 0 unspecified atom stereocenters. The van der Waals surface area contributed by atoms with Crippen LogP contribution >= 0.6 is 11.3 Å². The molecule has 0 saturated heterocycles. The molecule has 0 aliphatic rings. The number of aromatic nitrogens is 2. The van der Waals surface area contributed by atoms with E-state index in [4.69, 9.17) is 15.1 Å². The van der Waals surface area contributed by atoms with Crippen molar-refractivity contribution in [2.75, 3.05) is 13.2 Å². The van der Waals surface area contributed by atoms with Crippen LogP contribution in [0.15, 0.2) is 64.8 Å². The maximum atomic E-state index is 10.2. The van der Waals surface area contributed by atoms with E-state index >= 15 is 0 Å². The smallest absolute Gasteiger partial charge is 0.178 e. The molecule has 8 heteroatoms. The van der Waals surface area contributed by atoms with E-state index in [-0.39, 0.29) is 6.61 Å². The number of aliphatic hydroxyl groups is 1. The molecule has 4 aromatic rings. The van der Waals surface area contributed by atoms with Crippen molar-refractivity contribution in [1.29, 1.82) is 0 Å². The standard InChI is InChI=1S/C20H20N4O3S/c21-24(11-14-4-7-22-8-5-14)12-16(25)13-26-17-3-1-2-15(10-17)19-20-18(27-23-19)6-9-28-20/h1-10,16,25H,11-13,21H2/t16-/m1/s1. The lowest BCUT2D eigenvalue weighted by Gasteiger charge is -2.20. The van der Waals surface area contributed by atoms with E-state index in [1.807, 2.05) is 47.8 Å². The zero-order valence-corrected chi connectivity index (χ0v) is 15.9. The van der Waals surface area contributed by atoms with Crippen LogP contribution in [-0.2, 0) is 6.54 Å². The first kappa shape index (κ1) is 18.6. The molecule has 0 spiro atoms. The fourth-order valence-electron chi connectivity index (χ4n) is 2.90. The van der Waals surface area contributed by atoms with Gasteiger partial charge in [0.05, 0.1) is 0 Å². The number of aliphatic hydroxyl groups excluding tert-OH is 1. The summed E-state index contributed by atoms with van der Waals surface area (Å²) in [5.74, 6) is 6.64. The number of nitrogens with zero attached hydrogens (tertiary/aromatic N) is 3. The fraction of sp³-hybridized carbons (Fsp3) is 0.200. The van der Waals surface area contributed by atoms with E-state index in [0.717, 1.165) is 27.1 Å². The lowest BCUT2D eigenvalue weighted by molar-refractivity contribution is 0.0656. The number of hydrogen-bond donors (Lipinski definition) is 2. The summed E-state index contributed by atoms with van der Waals surface area (Å²) in [5, 5.41) is 17.9. The zero-order valence-electron chi connectivity index (χ0n) is 15.1. The Kier molecular flexibility index (Phi) is 5.63. The van der Waals surface area contributed by atoms with Gasteiger partial charge in [-0.25, -0.2) is 5.01 Å². The molecule has 0 radical (unpaired) electrons. The van der Waals surface area contributed by atoms with Crippen molar-refractivity contribution >= 4 is 21.6 Å². The number of ether oxygens (including phenoxy) is 1. The van der Waals surface area contributed by atoms with Crippen LogP contribution in [0, 0.1) is 0 Å². The predicted molar refractivity (Wildman–Crippen MR) is 108 cm³/mol. The molecule has 4 rings (SSSR count). The summed E-state index contributed by atoms with van der Waals surface area (Å²) in [6.45, 7) is 0.958. The van der Waals surface area contributed by atoms with Gasteiger partial charge in [-0.3, -0.25) is 10.8 Å². The zero-order chi connectivity index (χ0) is 19.3. The van der Waals surface area contributed by atoms with Crippen LogP contribution in [0.3, 0.4) is 0 Å². The number of pyridine rings is 1. The summed E-state index contributed by atoms with van der Waals surface area (Å²) < 4.78 is 12.1. The van der Waals surface area contributed by atoms with Crippen molar-refractivity contribution in [3.63, 3.8) is 0 Å². The number of fused-ring (bicyclic) bond motifs is 1. The van der Waals surface area contributed by atoms with Gasteiger partial charge in [0, 0.05) is 31.0 Å². The van der Waals surface area contributed by atoms with Crippen LogP contribution in [0.2, 0.25) is 0 Å². The van der Waals surface area contributed by atoms with Crippen molar-refractivity contribution in [2.24, 2.45) is 5.84 Å². The van der Waals surface area contributed by atoms with Crippen molar-refractivity contribution in [1.82, 2.24) is 15.1 Å². The second-order valence-corrected chi connectivity index (χ2v) is 7.34. The lowest BCUT2D eigenvalue weighted by Crippen LogP contribution is -2.39. The van der Waals surface area contributed by atoms with Gasteiger partial charge in [-0.05, 0) is 41.3 Å². The molecule has 144 valence electrons. The molecule has 0 bridgehead atoms. The van der Waals surface area contributed by atoms with Crippen LogP contribution in [0.5, 0.6) is 5.75 Å². The quantitative estimate of drug-likeness (QED) is 0.349. The molecular formula is C20H20N4O3S. The Labute approximate surface area is 165 Å². The summed E-state index contributed by atoms with van der Waals surface area (Å²) in [5.41, 5.74) is 3.51. The Morgan fingerprint density at radius 3 is 2.93 bits per heavy atom. The second kappa shape index (κ2) is 8.49. The van der Waals surface area contributed by atoms with Crippen LogP contribution in [-0.4, -0.2) is 39.5 Å². The Balaban J connectivity index is 1.34. The number of hydrogen-bond acceptors (Lipinski definition) is 8. The van der Waals surface area contributed by atoms with E-state index in [1.54, 1.807) is 28.7 Å². The highest BCUT2D eigenvalue weighted by Gasteiger charge is 2.13. The van der Waals surface area contributed by atoms with E-state index in [2.05, 4.69) is 10.1 Å². The molecule has 1 aromatic carbocycles. The predicted octanol–water partition coefficient (Wildman–Crippen LogP) is 3.07. The fourth-order valence-corrected chi connectivity index (χ4v) is 3.71. The number of rotatable bonds is 8. The molecule has 3 N–H and O–H groups in total. The average Bonchev–Trinajstić information content (AvgIpc) is 3.31. The van der Waals surface area contributed by atoms with E-state index in [0.29, 0.717) is 18.8 Å². The molecule has 1 atom stereocenters. The van der Waals surface area contributed by atoms with Gasteiger partial charge in [-0.15, -0.1) is 11.3 Å². The SMILES string of the molecule is NN(Cc1ccncc1)C[C@@H](O)COc1cccc(-c2noc3ccsc23)c1. The van der Waals surface area contributed by atoms with Crippen molar-refractivity contribution in [2.45, 2.75) is 12.6 Å². The van der Waals surface area contributed by atoms with Gasteiger partial charge >= 0.3 is 0 Å². The minimum atomic E-state index is -0.716. The first-order valence-electron chi connectivity index (χ1n) is 8.82. The lowest BCUT2D eigenvalue weighted by atomic mass is 10.1. The summed E-state index contributed by atoms with van der Waals surface area (Å²) in [4.78, 5) is 3.98. The van der Waals surface area contributed by atoms with Gasteiger partial charge in [0.25, 0.3) is 0 Å². The Morgan fingerprint density at radius 2 is 2.07 bits per heavy atom. The van der Waals surface area contributed by atoms with Gasteiger partial charge in [0.2, 0.25) is 0 Å². The molecule has 0 aliphatic carbocycles. The van der Waals surface area contributed by atoms with Crippen molar-refractivity contribution < 1.29 is 14.4 Å². The van der Waals surface area contributed by atoms with Gasteiger partial charge in [-0.2, -0.15) is 0 Å². The topological polar surface area (TPSA) is 97.6 Å². The number of benzene rings is 1. The molecule has 3 aromatic heterocycles. The summed E-state index contributed by atoms with van der Waals surface area (Å²) in [6.07, 6.45) is 2.72. The minimum Gasteiger partial charge on any atom is -0.491 e. The molecule has 0 saturated carbocycles. The van der Waals surface area contributed by atoms with Crippen LogP contribution in [0.1, 0.15) is 5.56 Å². The normalized spacial score (nSPS) is 12.5. The van der Waals surface area contributed by atoms with E-state index in [9.17, 15) is 5.11 Å². The highest BCUT2D eigenvalue weighted by atomic mass is 32.1. The molecule has 0 fully saturated rings. The highest BCUT2D eigenvalue weighted by Crippen LogP contribution is 2.33. The van der Waals surface area contributed by atoms with Gasteiger partial charge in [0.15, 0.2) is 5.58 Å². The Bertz CT molecular complexity index is 1030. The van der Waals surface area contributed by atoms with Crippen LogP contribution < -0.4 is 10.6 Å². The maximum Gasteiger partial charge on any atom is 0.178 e. The molecule has 7 nitrogen and oxygen atoms in total. The van der Waals surface area contributed by atoms with Crippen molar-refractivity contribution in [3.05, 3.63) is 65.8 Å². The number of nitrogens with two attached hydrogens (primary N) is 1. The maximum absolute atomic E-state index is 10.2. The van der Waals surface area contributed by atoms with Crippen molar-refractivity contribution in [3.8, 4) is 17.0 Å². The van der Waals surface area contributed by atoms with E-state index in [1.165, 1.54) is 0 Å². The van der Waals surface area contributed by atoms with Gasteiger partial charge in [0.1, 0.15) is 28.9 Å².